The van der Waals surface area contributed by atoms with Gasteiger partial charge in [0.25, 0.3) is 5.91 Å². The molecule has 1 N–H and O–H groups in total. The summed E-state index contributed by atoms with van der Waals surface area (Å²) < 4.78 is 2.01. The Morgan fingerprint density at radius 1 is 1.15 bits per heavy atom. The number of carbonyl (C=O) groups excluding carboxylic acids is 1. The van der Waals surface area contributed by atoms with Gasteiger partial charge in [0.05, 0.1) is 17.1 Å². The van der Waals surface area contributed by atoms with Gasteiger partial charge >= 0.3 is 0 Å². The van der Waals surface area contributed by atoms with Gasteiger partial charge in [0.2, 0.25) is 0 Å². The quantitative estimate of drug-likeness (QED) is 0.760. The van der Waals surface area contributed by atoms with Crippen LogP contribution in [-0.2, 0) is 6.54 Å². The van der Waals surface area contributed by atoms with Gasteiger partial charge in [-0.2, -0.15) is 5.10 Å². The summed E-state index contributed by atoms with van der Waals surface area (Å²) in [7, 11) is 0. The van der Waals surface area contributed by atoms with E-state index in [0.717, 1.165) is 53.3 Å². The molecule has 1 fully saturated rings. The number of rotatable bonds is 4. The van der Waals surface area contributed by atoms with Gasteiger partial charge in [0.1, 0.15) is 4.83 Å². The summed E-state index contributed by atoms with van der Waals surface area (Å²) in [6.07, 6.45) is 3.55. The van der Waals surface area contributed by atoms with Gasteiger partial charge in [-0.05, 0) is 38.3 Å². The lowest BCUT2D eigenvalue weighted by atomic mass is 10.1. The van der Waals surface area contributed by atoms with Gasteiger partial charge in [-0.25, -0.2) is 5.01 Å². The van der Waals surface area contributed by atoms with Gasteiger partial charge in [-0.15, -0.1) is 11.3 Å². The number of carbonyl (C=O) groups is 1. The molecule has 1 aliphatic rings. The van der Waals surface area contributed by atoms with Gasteiger partial charge in [-0.1, -0.05) is 36.2 Å². The molecule has 1 saturated heterocycles. The third-order valence-electron chi connectivity index (χ3n) is 4.90. The largest absolute Gasteiger partial charge is 0.284 e. The molecule has 6 heteroatoms. The van der Waals surface area contributed by atoms with Gasteiger partial charge < -0.3 is 0 Å². The second-order valence-corrected chi connectivity index (χ2v) is 8.08. The van der Waals surface area contributed by atoms with Gasteiger partial charge in [0, 0.05) is 18.5 Å². The molecule has 4 rings (SSSR count). The predicted octanol–water partition coefficient (Wildman–Crippen LogP) is 3.89. The fourth-order valence-corrected chi connectivity index (χ4v) is 4.45. The molecule has 0 aliphatic carbocycles. The average molecular weight is 369 g/mol. The minimum atomic E-state index is -0.00520. The van der Waals surface area contributed by atoms with E-state index < -0.39 is 0 Å². The lowest BCUT2D eigenvalue weighted by Crippen LogP contribution is -2.44. The minimum Gasteiger partial charge on any atom is -0.284 e. The Morgan fingerprint density at radius 2 is 1.88 bits per heavy atom. The molecule has 2 aromatic heterocycles. The Labute approximate surface area is 157 Å². The van der Waals surface area contributed by atoms with Crippen molar-refractivity contribution in [2.45, 2.75) is 39.7 Å². The highest BCUT2D eigenvalue weighted by atomic mass is 32.1. The fourth-order valence-electron chi connectivity index (χ4n) is 3.40. The number of aryl methyl sites for hydroxylation is 2. The number of piperidine rings is 1. The van der Waals surface area contributed by atoms with Crippen molar-refractivity contribution in [1.29, 1.82) is 0 Å². The molecule has 5 nitrogen and oxygen atoms in total. The van der Waals surface area contributed by atoms with Crippen molar-refractivity contribution in [1.82, 2.24) is 20.2 Å². The van der Waals surface area contributed by atoms with Crippen molar-refractivity contribution >= 4 is 27.5 Å². The number of aromatic nitrogens is 2. The number of nitrogens with one attached hydrogen (secondary N) is 1. The number of hydrogen-bond acceptors (Lipinski definition) is 4. The van der Waals surface area contributed by atoms with Crippen LogP contribution in [0.15, 0.2) is 30.3 Å². The summed E-state index contributed by atoms with van der Waals surface area (Å²) >= 11 is 1.53. The van der Waals surface area contributed by atoms with Crippen LogP contribution >= 0.6 is 11.3 Å². The predicted molar refractivity (Wildman–Crippen MR) is 106 cm³/mol. The van der Waals surface area contributed by atoms with Crippen molar-refractivity contribution in [3.63, 3.8) is 0 Å². The first-order chi connectivity index (χ1) is 12.6. The molecular formula is C20H24N4OS. The molecule has 1 aliphatic heterocycles. The second-order valence-electron chi connectivity index (χ2n) is 7.05. The molecule has 0 saturated carbocycles. The Balaban J connectivity index is 1.56. The van der Waals surface area contributed by atoms with Crippen LogP contribution in [0.1, 0.15) is 45.8 Å². The fraction of sp³-hybridized carbons (Fsp3) is 0.400. The van der Waals surface area contributed by atoms with Crippen molar-refractivity contribution in [2.75, 3.05) is 13.1 Å². The van der Waals surface area contributed by atoms with E-state index in [1.54, 1.807) is 0 Å². The van der Waals surface area contributed by atoms with Crippen LogP contribution in [-0.4, -0.2) is 33.8 Å². The number of nitrogens with zero attached hydrogens (tertiary/aromatic N) is 3. The zero-order chi connectivity index (χ0) is 18.1. The molecule has 0 atom stereocenters. The van der Waals surface area contributed by atoms with E-state index in [-0.39, 0.29) is 5.91 Å². The summed E-state index contributed by atoms with van der Waals surface area (Å²) in [4.78, 5) is 14.4. The van der Waals surface area contributed by atoms with E-state index in [2.05, 4.69) is 41.7 Å². The first-order valence-electron chi connectivity index (χ1n) is 9.18. The minimum absolute atomic E-state index is 0.00520. The van der Waals surface area contributed by atoms with Gasteiger partial charge in [-0.3, -0.25) is 14.9 Å². The molecular weight excluding hydrogens is 344 g/mol. The molecule has 0 spiro atoms. The van der Waals surface area contributed by atoms with E-state index in [1.165, 1.54) is 28.9 Å². The van der Waals surface area contributed by atoms with Crippen LogP contribution in [0.5, 0.6) is 0 Å². The summed E-state index contributed by atoms with van der Waals surface area (Å²) in [6.45, 7) is 6.70. The lowest BCUT2D eigenvalue weighted by Gasteiger charge is -2.26. The van der Waals surface area contributed by atoms with Gasteiger partial charge in [0.15, 0.2) is 0 Å². The summed E-state index contributed by atoms with van der Waals surface area (Å²) in [5.74, 6) is -0.00520. The Bertz CT molecular complexity index is 919. The Morgan fingerprint density at radius 3 is 2.62 bits per heavy atom. The smallest absolute Gasteiger partial charge is 0.275 e. The Hall–Kier alpha value is -2.18. The molecule has 3 heterocycles. The molecule has 26 heavy (non-hydrogen) atoms. The van der Waals surface area contributed by atoms with Crippen molar-refractivity contribution in [3.8, 4) is 0 Å². The second kappa shape index (κ2) is 7.21. The summed E-state index contributed by atoms with van der Waals surface area (Å²) in [5.41, 5.74) is 6.50. The third-order valence-corrected chi connectivity index (χ3v) is 6.05. The monoisotopic (exact) mass is 368 g/mol. The van der Waals surface area contributed by atoms with E-state index in [4.69, 9.17) is 0 Å². The normalized spacial score (nSPS) is 15.5. The van der Waals surface area contributed by atoms with Crippen molar-refractivity contribution < 1.29 is 4.79 Å². The van der Waals surface area contributed by atoms with Crippen LogP contribution in [0.3, 0.4) is 0 Å². The topological polar surface area (TPSA) is 50.2 Å². The molecule has 1 amide bonds. The maximum absolute atomic E-state index is 12.6. The number of hydrazine groups is 1. The highest BCUT2D eigenvalue weighted by Gasteiger charge is 2.19. The molecule has 1 aromatic carbocycles. The molecule has 0 radical (unpaired) electrons. The van der Waals surface area contributed by atoms with E-state index in [1.807, 2.05) is 22.7 Å². The van der Waals surface area contributed by atoms with Crippen LogP contribution in [0.25, 0.3) is 10.2 Å². The Kier molecular flexibility index (Phi) is 4.78. The van der Waals surface area contributed by atoms with Crippen LogP contribution in [0.4, 0.5) is 0 Å². The molecule has 0 unspecified atom stereocenters. The van der Waals surface area contributed by atoms with E-state index >= 15 is 0 Å². The molecule has 136 valence electrons. The maximum Gasteiger partial charge on any atom is 0.275 e. The maximum atomic E-state index is 12.6. The summed E-state index contributed by atoms with van der Waals surface area (Å²) in [5, 5.41) is 7.79. The zero-order valence-corrected chi connectivity index (χ0v) is 16.1. The number of benzene rings is 1. The number of thiophene rings is 1. The first kappa shape index (κ1) is 17.2. The van der Waals surface area contributed by atoms with E-state index in [9.17, 15) is 4.79 Å². The van der Waals surface area contributed by atoms with Crippen LogP contribution < -0.4 is 5.43 Å². The highest BCUT2D eigenvalue weighted by molar-refractivity contribution is 7.20. The van der Waals surface area contributed by atoms with Crippen LogP contribution in [0, 0.1) is 13.8 Å². The summed E-state index contributed by atoms with van der Waals surface area (Å²) in [6, 6.07) is 10.5. The van der Waals surface area contributed by atoms with Crippen LogP contribution in [0.2, 0.25) is 0 Å². The average Bonchev–Trinajstić information content (AvgIpc) is 3.20. The SMILES string of the molecule is Cc1ccc(Cn2nc(C)c3cc(C(=O)NN4CCCCC4)sc32)cc1. The zero-order valence-electron chi connectivity index (χ0n) is 15.3. The molecule has 3 aromatic rings. The first-order valence-corrected chi connectivity index (χ1v) is 10.0. The molecule has 0 bridgehead atoms. The van der Waals surface area contributed by atoms with E-state index in [0.29, 0.717) is 0 Å². The van der Waals surface area contributed by atoms with Crippen molar-refractivity contribution in [2.24, 2.45) is 0 Å². The highest BCUT2D eigenvalue weighted by Crippen LogP contribution is 2.29. The number of fused-ring (bicyclic) bond motifs is 1. The van der Waals surface area contributed by atoms with Crippen molar-refractivity contribution in [3.05, 3.63) is 52.0 Å². The number of hydrogen-bond donors (Lipinski definition) is 1. The lowest BCUT2D eigenvalue weighted by molar-refractivity contribution is 0.0754. The number of amides is 1. The third kappa shape index (κ3) is 3.52. The standard InChI is InChI=1S/C20H24N4OS/c1-14-6-8-16(9-7-14)13-24-20-17(15(2)21-24)12-18(26-20)19(25)22-23-10-4-3-5-11-23/h6-9,12H,3-5,10-11,13H2,1-2H3,(H,22,25).